The van der Waals surface area contributed by atoms with Crippen molar-refractivity contribution < 1.29 is 38.2 Å². The molecule has 3 aliphatic heterocycles. The lowest BCUT2D eigenvalue weighted by Gasteiger charge is -2.43. The lowest BCUT2D eigenvalue weighted by Crippen LogP contribution is -2.55. The number of fused-ring (bicyclic) bond motifs is 2. The molecule has 7 rings (SSSR count). The Morgan fingerprint density at radius 2 is 1.82 bits per heavy atom. The average molecular weight is 825 g/mol. The summed E-state index contributed by atoms with van der Waals surface area (Å²) in [6, 6.07) is 9.37. The largest absolute Gasteiger partial charge is 0.495 e. The maximum atomic E-state index is 13.2. The van der Waals surface area contributed by atoms with E-state index in [0.717, 1.165) is 31.5 Å². The highest BCUT2D eigenvalue weighted by molar-refractivity contribution is 6.07. The van der Waals surface area contributed by atoms with E-state index in [-0.39, 0.29) is 74.2 Å². The molecular formula is C42H52N10O8. The molecule has 6 amide bonds. The van der Waals surface area contributed by atoms with E-state index in [4.69, 9.17) is 14.5 Å². The fraction of sp³-hybridized carbons (Fsp3) is 0.476. The van der Waals surface area contributed by atoms with E-state index < -0.39 is 11.9 Å². The molecule has 18 nitrogen and oxygen atoms in total. The van der Waals surface area contributed by atoms with Gasteiger partial charge in [-0.15, -0.1) is 0 Å². The SMILES string of the molecule is CC[C@@H]1C(=O)N(C)c2cnc(Nc3ccc(C(=O)NCCCNCCOCC(=O)Nc4cccc5c4CN(C4CCC(=O)NC4=O)C5=O)cc3OC)nc2N1C1CCCC1. The maximum Gasteiger partial charge on any atom is 0.255 e. The summed E-state index contributed by atoms with van der Waals surface area (Å²) < 4.78 is 11.2. The third kappa shape index (κ3) is 9.03. The van der Waals surface area contributed by atoms with Crippen molar-refractivity contribution in [2.75, 3.05) is 67.4 Å². The van der Waals surface area contributed by atoms with Crippen LogP contribution >= 0.6 is 0 Å². The van der Waals surface area contributed by atoms with Crippen molar-refractivity contribution >= 4 is 64.3 Å². The van der Waals surface area contributed by atoms with Crippen LogP contribution in [-0.4, -0.2) is 115 Å². The number of carbonyl (C=O) groups is 6. The number of nitrogens with one attached hydrogen (secondary N) is 5. The van der Waals surface area contributed by atoms with Gasteiger partial charge in [-0.2, -0.15) is 4.98 Å². The van der Waals surface area contributed by atoms with Gasteiger partial charge < -0.3 is 45.4 Å². The Hall–Kier alpha value is -6.14. The van der Waals surface area contributed by atoms with Crippen LogP contribution in [-0.2, 0) is 30.5 Å². The van der Waals surface area contributed by atoms with Crippen LogP contribution < -0.4 is 41.1 Å². The summed E-state index contributed by atoms with van der Waals surface area (Å²) in [5, 5.41) is 14.5. The molecule has 5 N–H and O–H groups in total. The maximum absolute atomic E-state index is 13.2. The minimum Gasteiger partial charge on any atom is -0.495 e. The van der Waals surface area contributed by atoms with Crippen molar-refractivity contribution in [2.45, 2.75) is 83.0 Å². The number of benzene rings is 2. The van der Waals surface area contributed by atoms with Gasteiger partial charge in [0.15, 0.2) is 5.82 Å². The van der Waals surface area contributed by atoms with Gasteiger partial charge in [-0.1, -0.05) is 25.8 Å². The highest BCUT2D eigenvalue weighted by Gasteiger charge is 2.42. The van der Waals surface area contributed by atoms with E-state index in [2.05, 4.69) is 36.5 Å². The van der Waals surface area contributed by atoms with Gasteiger partial charge >= 0.3 is 0 Å². The van der Waals surface area contributed by atoms with Crippen molar-refractivity contribution in [2.24, 2.45) is 0 Å². The Labute approximate surface area is 348 Å². The van der Waals surface area contributed by atoms with Gasteiger partial charge in [-0.3, -0.25) is 34.1 Å². The molecule has 1 aliphatic carbocycles. The molecule has 4 aliphatic rings. The smallest absolute Gasteiger partial charge is 0.255 e. The number of rotatable bonds is 17. The second-order valence-electron chi connectivity index (χ2n) is 15.3. The molecule has 318 valence electrons. The summed E-state index contributed by atoms with van der Waals surface area (Å²) in [4.78, 5) is 90.6. The predicted octanol–water partition coefficient (Wildman–Crippen LogP) is 2.86. The average Bonchev–Trinajstić information content (AvgIpc) is 3.90. The van der Waals surface area contributed by atoms with E-state index in [1.165, 1.54) is 12.0 Å². The first-order valence-corrected chi connectivity index (χ1v) is 20.6. The second kappa shape index (κ2) is 18.8. The molecule has 0 spiro atoms. The fourth-order valence-corrected chi connectivity index (χ4v) is 8.34. The summed E-state index contributed by atoms with van der Waals surface area (Å²) in [5.74, 6) is -0.192. The zero-order valence-electron chi connectivity index (χ0n) is 34.2. The van der Waals surface area contributed by atoms with Crippen LogP contribution in [0.15, 0.2) is 42.6 Å². The standard InChI is InChI=1S/C42H52N10O8/c1-4-31-41(58)50(2)33-22-45-42(49-37(33)52(31)26-9-5-6-10-26)47-30-14-13-25(21-34(30)59-3)38(55)44-18-8-17-43-19-20-60-24-36(54)46-29-12-7-11-27-28(29)23-51(40(27)57)32-15-16-35(53)48-39(32)56/h7,11-14,21-22,26,31-32,43H,4-6,8-10,15-20,23-24H2,1-3H3,(H,44,55)(H,46,54)(H,45,47,49)(H,48,53,56)/t31-,32?/m1/s1. The third-order valence-electron chi connectivity index (χ3n) is 11.5. The van der Waals surface area contributed by atoms with Gasteiger partial charge in [0.05, 0.1) is 25.6 Å². The first kappa shape index (κ1) is 42.0. The molecule has 1 saturated heterocycles. The Balaban J connectivity index is 0.819. The van der Waals surface area contributed by atoms with Crippen molar-refractivity contribution in [3.05, 3.63) is 59.3 Å². The molecule has 0 radical (unpaired) electrons. The van der Waals surface area contributed by atoms with E-state index in [0.29, 0.717) is 77.9 Å². The van der Waals surface area contributed by atoms with Gasteiger partial charge in [0.1, 0.15) is 30.1 Å². The van der Waals surface area contributed by atoms with Crippen LogP contribution in [0.4, 0.5) is 28.8 Å². The number of amides is 6. The molecule has 0 bridgehead atoms. The summed E-state index contributed by atoms with van der Waals surface area (Å²) in [7, 11) is 3.30. The van der Waals surface area contributed by atoms with Gasteiger partial charge in [-0.25, -0.2) is 4.98 Å². The molecular weight excluding hydrogens is 773 g/mol. The van der Waals surface area contributed by atoms with Crippen molar-refractivity contribution in [1.29, 1.82) is 0 Å². The van der Waals surface area contributed by atoms with Crippen LogP contribution in [0, 0.1) is 0 Å². The number of aromatic nitrogens is 2. The summed E-state index contributed by atoms with van der Waals surface area (Å²) in [6.45, 7) is 3.79. The number of ether oxygens (including phenoxy) is 2. The van der Waals surface area contributed by atoms with Gasteiger partial charge in [-0.05, 0) is 69.0 Å². The van der Waals surface area contributed by atoms with Crippen LogP contribution in [0.25, 0.3) is 0 Å². The van der Waals surface area contributed by atoms with Crippen LogP contribution in [0.1, 0.15) is 84.6 Å². The van der Waals surface area contributed by atoms with Gasteiger partial charge in [0.2, 0.25) is 29.6 Å². The monoisotopic (exact) mass is 824 g/mol. The normalized spacial score (nSPS) is 18.9. The fourth-order valence-electron chi connectivity index (χ4n) is 8.34. The topological polar surface area (TPSA) is 217 Å². The first-order chi connectivity index (χ1) is 29.1. The Morgan fingerprint density at radius 1 is 1.00 bits per heavy atom. The molecule has 2 fully saturated rings. The van der Waals surface area contributed by atoms with E-state index in [9.17, 15) is 28.8 Å². The highest BCUT2D eigenvalue weighted by Crippen LogP contribution is 2.40. The zero-order chi connectivity index (χ0) is 42.3. The van der Waals surface area contributed by atoms with E-state index >= 15 is 0 Å². The quantitative estimate of drug-likeness (QED) is 0.0980. The van der Waals surface area contributed by atoms with E-state index in [1.54, 1.807) is 54.5 Å². The molecule has 1 aromatic heterocycles. The molecule has 60 heavy (non-hydrogen) atoms. The van der Waals surface area contributed by atoms with Crippen LogP contribution in [0.5, 0.6) is 5.75 Å². The molecule has 4 heterocycles. The molecule has 1 saturated carbocycles. The number of carbonyl (C=O) groups excluding carboxylic acids is 6. The Morgan fingerprint density at radius 3 is 2.58 bits per heavy atom. The number of anilines is 5. The third-order valence-corrected chi connectivity index (χ3v) is 11.5. The first-order valence-electron chi connectivity index (χ1n) is 20.6. The lowest BCUT2D eigenvalue weighted by molar-refractivity contribution is -0.137. The molecule has 2 aromatic carbocycles. The number of nitrogens with zero attached hydrogens (tertiary/aromatic N) is 5. The zero-order valence-corrected chi connectivity index (χ0v) is 34.2. The van der Waals surface area contributed by atoms with Crippen molar-refractivity contribution in [1.82, 2.24) is 30.8 Å². The number of imide groups is 1. The van der Waals surface area contributed by atoms with Crippen LogP contribution in [0.2, 0.25) is 0 Å². The van der Waals surface area contributed by atoms with Gasteiger partial charge in [0, 0.05) is 61.5 Å². The minimum atomic E-state index is -0.743. The lowest BCUT2D eigenvalue weighted by atomic mass is 10.0. The van der Waals surface area contributed by atoms with Crippen molar-refractivity contribution in [3.63, 3.8) is 0 Å². The predicted molar refractivity (Wildman–Crippen MR) is 222 cm³/mol. The summed E-state index contributed by atoms with van der Waals surface area (Å²) >= 11 is 0. The molecule has 2 atom stereocenters. The molecule has 3 aromatic rings. The number of likely N-dealkylation sites (N-methyl/N-ethyl adjacent to an activating group) is 1. The Kier molecular flexibility index (Phi) is 13.2. The summed E-state index contributed by atoms with van der Waals surface area (Å²) in [5.41, 5.74) is 3.20. The number of hydrogen-bond acceptors (Lipinski definition) is 13. The van der Waals surface area contributed by atoms with Crippen LogP contribution in [0.3, 0.4) is 0 Å². The summed E-state index contributed by atoms with van der Waals surface area (Å²) in [6.07, 6.45) is 7.73. The second-order valence-corrected chi connectivity index (χ2v) is 15.3. The highest BCUT2D eigenvalue weighted by atomic mass is 16.5. The van der Waals surface area contributed by atoms with Gasteiger partial charge in [0.25, 0.3) is 11.8 Å². The molecule has 1 unspecified atom stereocenters. The number of methoxy groups -OCH3 is 1. The number of hydrogen-bond donors (Lipinski definition) is 5. The Bertz CT molecular complexity index is 2140. The van der Waals surface area contributed by atoms with E-state index in [1.807, 2.05) is 6.92 Å². The minimum absolute atomic E-state index is 0.0522. The molecule has 18 heteroatoms. The number of piperidine rings is 1. The van der Waals surface area contributed by atoms with Crippen molar-refractivity contribution in [3.8, 4) is 5.75 Å².